The summed E-state index contributed by atoms with van der Waals surface area (Å²) in [5, 5.41) is 7.93. The van der Waals surface area contributed by atoms with Crippen molar-refractivity contribution in [2.75, 3.05) is 0 Å². The van der Waals surface area contributed by atoms with Crippen LogP contribution in [0.5, 0.6) is 0 Å². The Morgan fingerprint density at radius 3 is 1.62 bits per heavy atom. The standard InChI is InChI=1S/C30H22BBr/c1-19-7-3-5-9-25(19)31(26-10-6-4-8-20(26)2)27-17-13-21-12-16-24-28(32)18-14-22-11-15-23(27)29(21)30(22)24/h3-18H,1-2H3. The summed E-state index contributed by atoms with van der Waals surface area (Å²) in [6, 6.07) is 35.8. The second-order valence-corrected chi connectivity index (χ2v) is 9.63. The highest BCUT2D eigenvalue weighted by atomic mass is 79.9. The van der Waals surface area contributed by atoms with E-state index in [4.69, 9.17) is 0 Å². The predicted molar refractivity (Wildman–Crippen MR) is 145 cm³/mol. The van der Waals surface area contributed by atoms with E-state index in [1.165, 1.54) is 59.8 Å². The van der Waals surface area contributed by atoms with Crippen LogP contribution in [0, 0.1) is 13.8 Å². The van der Waals surface area contributed by atoms with Crippen molar-refractivity contribution < 1.29 is 0 Å². The van der Waals surface area contributed by atoms with E-state index in [0.717, 1.165) is 4.47 Å². The van der Waals surface area contributed by atoms with Crippen LogP contribution in [0.2, 0.25) is 0 Å². The minimum absolute atomic E-state index is 0.186. The van der Waals surface area contributed by atoms with Crippen LogP contribution >= 0.6 is 15.9 Å². The van der Waals surface area contributed by atoms with Crippen LogP contribution in [0.15, 0.2) is 102 Å². The molecule has 6 aromatic rings. The van der Waals surface area contributed by atoms with E-state index >= 15 is 0 Å². The average molecular weight is 473 g/mol. The second kappa shape index (κ2) is 7.50. The van der Waals surface area contributed by atoms with E-state index < -0.39 is 0 Å². The number of hydrogen-bond donors (Lipinski definition) is 0. The minimum atomic E-state index is 0.186. The smallest absolute Gasteiger partial charge is 0.0667 e. The lowest BCUT2D eigenvalue weighted by Crippen LogP contribution is -2.54. The first-order valence-electron chi connectivity index (χ1n) is 11.1. The summed E-state index contributed by atoms with van der Waals surface area (Å²) >= 11 is 3.78. The van der Waals surface area contributed by atoms with Gasteiger partial charge in [-0.25, -0.2) is 0 Å². The lowest BCUT2D eigenvalue weighted by atomic mass is 9.35. The highest BCUT2D eigenvalue weighted by Gasteiger charge is 2.27. The Bertz CT molecular complexity index is 1570. The van der Waals surface area contributed by atoms with Crippen molar-refractivity contribution in [3.8, 4) is 0 Å². The highest BCUT2D eigenvalue weighted by molar-refractivity contribution is 9.10. The maximum absolute atomic E-state index is 3.78. The van der Waals surface area contributed by atoms with E-state index in [1.807, 2.05) is 0 Å². The molecule has 32 heavy (non-hydrogen) atoms. The molecule has 0 bridgehead atoms. The molecule has 6 rings (SSSR count). The zero-order valence-corrected chi connectivity index (χ0v) is 19.8. The zero-order valence-electron chi connectivity index (χ0n) is 18.2. The molecule has 0 unspecified atom stereocenters. The Labute approximate surface area is 197 Å². The summed E-state index contributed by atoms with van der Waals surface area (Å²) in [5.74, 6) is 0. The fourth-order valence-electron chi connectivity index (χ4n) is 5.36. The Morgan fingerprint density at radius 1 is 0.500 bits per heavy atom. The molecule has 2 heteroatoms. The van der Waals surface area contributed by atoms with Crippen molar-refractivity contribution in [1.29, 1.82) is 0 Å². The van der Waals surface area contributed by atoms with Crippen molar-refractivity contribution in [2.45, 2.75) is 13.8 Å². The van der Waals surface area contributed by atoms with E-state index in [2.05, 4.69) is 127 Å². The third kappa shape index (κ3) is 2.90. The maximum atomic E-state index is 3.78. The minimum Gasteiger partial charge on any atom is -0.0667 e. The molecule has 0 nitrogen and oxygen atoms in total. The van der Waals surface area contributed by atoms with Gasteiger partial charge >= 0.3 is 0 Å². The second-order valence-electron chi connectivity index (χ2n) is 8.77. The van der Waals surface area contributed by atoms with Gasteiger partial charge < -0.3 is 0 Å². The van der Waals surface area contributed by atoms with Gasteiger partial charge in [0.15, 0.2) is 0 Å². The summed E-state index contributed by atoms with van der Waals surface area (Å²) in [6.45, 7) is 4.65. The van der Waals surface area contributed by atoms with Crippen LogP contribution in [-0.2, 0) is 0 Å². The van der Waals surface area contributed by atoms with E-state index in [-0.39, 0.29) is 6.71 Å². The first kappa shape index (κ1) is 19.6. The first-order chi connectivity index (χ1) is 15.6. The molecule has 0 aliphatic heterocycles. The Balaban J connectivity index is 1.75. The molecule has 0 aliphatic rings. The molecule has 0 aliphatic carbocycles. The van der Waals surface area contributed by atoms with Gasteiger partial charge in [-0.05, 0) is 52.2 Å². The monoisotopic (exact) mass is 472 g/mol. The van der Waals surface area contributed by atoms with Crippen molar-refractivity contribution in [1.82, 2.24) is 0 Å². The van der Waals surface area contributed by atoms with E-state index in [9.17, 15) is 0 Å². The van der Waals surface area contributed by atoms with Gasteiger partial charge in [-0.15, -0.1) is 0 Å². The molecule has 0 spiro atoms. The largest absolute Gasteiger partial charge is 0.242 e. The Hall–Kier alpha value is -3.10. The molecule has 0 heterocycles. The normalized spacial score (nSPS) is 11.6. The van der Waals surface area contributed by atoms with Gasteiger partial charge in [0.25, 0.3) is 0 Å². The average Bonchev–Trinajstić information content (AvgIpc) is 2.82. The van der Waals surface area contributed by atoms with Crippen LogP contribution in [0.4, 0.5) is 0 Å². The van der Waals surface area contributed by atoms with Crippen molar-refractivity contribution in [3.63, 3.8) is 0 Å². The predicted octanol–water partition coefficient (Wildman–Crippen LogP) is 6.48. The van der Waals surface area contributed by atoms with E-state index in [0.29, 0.717) is 0 Å². The highest BCUT2D eigenvalue weighted by Crippen LogP contribution is 2.37. The summed E-state index contributed by atoms with van der Waals surface area (Å²) < 4.78 is 1.15. The van der Waals surface area contributed by atoms with Gasteiger partial charge in [0.2, 0.25) is 6.71 Å². The van der Waals surface area contributed by atoms with Gasteiger partial charge in [-0.3, -0.25) is 0 Å². The van der Waals surface area contributed by atoms with Gasteiger partial charge in [0, 0.05) is 4.47 Å². The molecule has 0 radical (unpaired) electrons. The SMILES string of the molecule is Cc1ccccc1B(c1ccccc1C)c1ccc2ccc3c(Br)ccc4ccc1c2c43. The van der Waals surface area contributed by atoms with Crippen molar-refractivity contribution >= 4 is 71.3 Å². The van der Waals surface area contributed by atoms with Crippen molar-refractivity contribution in [2.24, 2.45) is 0 Å². The number of rotatable bonds is 3. The molecule has 152 valence electrons. The lowest BCUT2D eigenvalue weighted by molar-refractivity contribution is 1.49. The molecule has 0 atom stereocenters. The van der Waals surface area contributed by atoms with Gasteiger partial charge in [0.1, 0.15) is 0 Å². The van der Waals surface area contributed by atoms with Gasteiger partial charge in [-0.1, -0.05) is 134 Å². The van der Waals surface area contributed by atoms with Gasteiger partial charge in [0.05, 0.1) is 0 Å². The molecule has 6 aromatic carbocycles. The molecule has 0 N–H and O–H groups in total. The van der Waals surface area contributed by atoms with Crippen LogP contribution in [0.25, 0.3) is 32.3 Å². The summed E-state index contributed by atoms with van der Waals surface area (Å²) in [5.41, 5.74) is 6.77. The molecular formula is C30H22BBr. The van der Waals surface area contributed by atoms with Gasteiger partial charge in [-0.2, -0.15) is 0 Å². The quantitative estimate of drug-likeness (QED) is 0.204. The summed E-state index contributed by atoms with van der Waals surface area (Å²) in [6.07, 6.45) is 0. The fraction of sp³-hybridized carbons (Fsp3) is 0.0667. The van der Waals surface area contributed by atoms with E-state index in [1.54, 1.807) is 0 Å². The molecule has 0 saturated carbocycles. The maximum Gasteiger partial charge on any atom is 0.242 e. The zero-order chi connectivity index (χ0) is 21.8. The molecular weight excluding hydrogens is 451 g/mol. The Morgan fingerprint density at radius 2 is 1.00 bits per heavy atom. The molecule has 0 saturated heterocycles. The number of aryl methyl sites for hydroxylation is 2. The molecule has 0 aromatic heterocycles. The first-order valence-corrected chi connectivity index (χ1v) is 11.9. The topological polar surface area (TPSA) is 0 Å². The van der Waals surface area contributed by atoms with Crippen LogP contribution < -0.4 is 16.4 Å². The van der Waals surface area contributed by atoms with Crippen LogP contribution in [-0.4, -0.2) is 6.71 Å². The number of benzene rings is 6. The third-order valence-corrected chi connectivity index (χ3v) is 7.65. The Kier molecular flexibility index (Phi) is 4.59. The lowest BCUT2D eigenvalue weighted by Gasteiger charge is -2.22. The molecule has 0 amide bonds. The summed E-state index contributed by atoms with van der Waals surface area (Å²) in [4.78, 5) is 0. The van der Waals surface area contributed by atoms with Crippen LogP contribution in [0.3, 0.4) is 0 Å². The van der Waals surface area contributed by atoms with Crippen molar-refractivity contribution in [3.05, 3.63) is 113 Å². The fourth-order valence-corrected chi connectivity index (χ4v) is 5.83. The number of halogens is 1. The molecule has 0 fully saturated rings. The third-order valence-electron chi connectivity index (χ3n) is 6.96. The summed E-state index contributed by atoms with van der Waals surface area (Å²) in [7, 11) is 0. The van der Waals surface area contributed by atoms with Crippen LogP contribution in [0.1, 0.15) is 11.1 Å². The number of hydrogen-bond acceptors (Lipinski definition) is 0.